The van der Waals surface area contributed by atoms with Crippen molar-refractivity contribution in [1.82, 2.24) is 4.98 Å². The number of benzene rings is 1. The van der Waals surface area contributed by atoms with E-state index in [9.17, 15) is 4.79 Å². The van der Waals surface area contributed by atoms with Crippen LogP contribution in [0.5, 0.6) is 0 Å². The van der Waals surface area contributed by atoms with Crippen LogP contribution in [0.4, 0.5) is 11.5 Å². The summed E-state index contributed by atoms with van der Waals surface area (Å²) in [4.78, 5) is 16.3. The molecule has 0 radical (unpaired) electrons. The van der Waals surface area contributed by atoms with Crippen LogP contribution in [-0.2, 0) is 0 Å². The number of rotatable bonds is 3. The van der Waals surface area contributed by atoms with Crippen LogP contribution in [0.2, 0.25) is 5.02 Å². The molecule has 0 saturated heterocycles. The van der Waals surface area contributed by atoms with Gasteiger partial charge in [-0.15, -0.1) is 0 Å². The molecule has 7 heteroatoms. The standard InChI is InChI=1S/C14H12ClN5O/c1-8-4-10(6-13(18-8)20-17)14(21)19-12-5-9(7-16)2-3-11(12)15/h2-6H,17H2,1H3,(H,18,20)(H,19,21). The fourth-order valence-electron chi connectivity index (χ4n) is 1.76. The zero-order valence-corrected chi connectivity index (χ0v) is 11.9. The summed E-state index contributed by atoms with van der Waals surface area (Å²) in [6, 6.07) is 9.77. The summed E-state index contributed by atoms with van der Waals surface area (Å²) in [6.07, 6.45) is 0. The average molecular weight is 302 g/mol. The van der Waals surface area contributed by atoms with Crippen LogP contribution in [0.15, 0.2) is 30.3 Å². The molecule has 0 aliphatic heterocycles. The van der Waals surface area contributed by atoms with E-state index < -0.39 is 0 Å². The summed E-state index contributed by atoms with van der Waals surface area (Å²) in [6.45, 7) is 1.75. The number of nitrogen functional groups attached to an aromatic ring is 1. The average Bonchev–Trinajstić information content (AvgIpc) is 2.48. The third-order valence-electron chi connectivity index (χ3n) is 2.71. The highest BCUT2D eigenvalue weighted by atomic mass is 35.5. The second-order valence-electron chi connectivity index (χ2n) is 4.29. The summed E-state index contributed by atoms with van der Waals surface area (Å²) in [5.74, 6) is 5.32. The number of aryl methyl sites for hydroxylation is 1. The number of nitrogens with two attached hydrogens (primary N) is 1. The third-order valence-corrected chi connectivity index (χ3v) is 3.04. The van der Waals surface area contributed by atoms with Crippen molar-refractivity contribution >= 4 is 29.0 Å². The Balaban J connectivity index is 2.30. The van der Waals surface area contributed by atoms with E-state index in [2.05, 4.69) is 15.7 Å². The highest BCUT2D eigenvalue weighted by Crippen LogP contribution is 2.23. The van der Waals surface area contributed by atoms with E-state index in [1.165, 1.54) is 12.1 Å². The van der Waals surface area contributed by atoms with E-state index in [1.807, 2.05) is 6.07 Å². The lowest BCUT2D eigenvalue weighted by Crippen LogP contribution is -2.15. The van der Waals surface area contributed by atoms with Crippen LogP contribution in [0.1, 0.15) is 21.6 Å². The maximum Gasteiger partial charge on any atom is 0.255 e. The van der Waals surface area contributed by atoms with E-state index in [-0.39, 0.29) is 5.91 Å². The first-order valence-corrected chi connectivity index (χ1v) is 6.37. The van der Waals surface area contributed by atoms with Gasteiger partial charge in [0.15, 0.2) is 0 Å². The van der Waals surface area contributed by atoms with Gasteiger partial charge in [0.1, 0.15) is 5.82 Å². The van der Waals surface area contributed by atoms with Crippen LogP contribution in [0.3, 0.4) is 0 Å². The number of nitrogens with zero attached hydrogens (tertiary/aromatic N) is 2. The topological polar surface area (TPSA) is 104 Å². The van der Waals surface area contributed by atoms with Crippen molar-refractivity contribution in [1.29, 1.82) is 5.26 Å². The number of anilines is 2. The number of hydrazine groups is 1. The number of hydrogen-bond donors (Lipinski definition) is 3. The van der Waals surface area contributed by atoms with Gasteiger partial charge >= 0.3 is 0 Å². The van der Waals surface area contributed by atoms with Gasteiger partial charge in [0.2, 0.25) is 0 Å². The molecular weight excluding hydrogens is 290 g/mol. The van der Waals surface area contributed by atoms with E-state index in [1.54, 1.807) is 25.1 Å². The van der Waals surface area contributed by atoms with Gasteiger partial charge in [-0.05, 0) is 37.3 Å². The maximum atomic E-state index is 12.2. The summed E-state index contributed by atoms with van der Waals surface area (Å²) in [7, 11) is 0. The minimum atomic E-state index is -0.367. The van der Waals surface area contributed by atoms with Crippen molar-refractivity contribution in [2.45, 2.75) is 6.92 Å². The number of amides is 1. The fraction of sp³-hybridized carbons (Fsp3) is 0.0714. The number of hydrogen-bond acceptors (Lipinski definition) is 5. The Labute approximate surface area is 126 Å². The molecule has 0 unspecified atom stereocenters. The van der Waals surface area contributed by atoms with E-state index in [0.29, 0.717) is 33.3 Å². The molecule has 2 rings (SSSR count). The minimum Gasteiger partial charge on any atom is -0.321 e. The van der Waals surface area contributed by atoms with Crippen LogP contribution in [-0.4, -0.2) is 10.9 Å². The normalized spacial score (nSPS) is 9.81. The number of nitrogens with one attached hydrogen (secondary N) is 2. The van der Waals surface area contributed by atoms with E-state index in [0.717, 1.165) is 0 Å². The van der Waals surface area contributed by atoms with Crippen LogP contribution in [0.25, 0.3) is 0 Å². The van der Waals surface area contributed by atoms with E-state index in [4.69, 9.17) is 22.7 Å². The highest BCUT2D eigenvalue weighted by molar-refractivity contribution is 6.34. The van der Waals surface area contributed by atoms with Gasteiger partial charge < -0.3 is 10.7 Å². The minimum absolute atomic E-state index is 0.352. The Morgan fingerprint density at radius 1 is 1.38 bits per heavy atom. The maximum absolute atomic E-state index is 12.2. The van der Waals surface area contributed by atoms with E-state index >= 15 is 0 Å². The number of pyridine rings is 1. The van der Waals surface area contributed by atoms with Gasteiger partial charge in [-0.1, -0.05) is 11.6 Å². The Hall–Kier alpha value is -2.62. The highest BCUT2D eigenvalue weighted by Gasteiger charge is 2.11. The fourth-order valence-corrected chi connectivity index (χ4v) is 1.92. The second-order valence-corrected chi connectivity index (χ2v) is 4.69. The number of halogens is 1. The third kappa shape index (κ3) is 3.48. The van der Waals surface area contributed by atoms with Gasteiger partial charge in [-0.2, -0.15) is 5.26 Å². The van der Waals surface area contributed by atoms with Crippen molar-refractivity contribution in [2.24, 2.45) is 5.84 Å². The lowest BCUT2D eigenvalue weighted by Gasteiger charge is -2.09. The molecule has 0 saturated carbocycles. The number of carbonyl (C=O) groups is 1. The second kappa shape index (κ2) is 6.22. The van der Waals surface area contributed by atoms with Crippen LogP contribution < -0.4 is 16.6 Å². The molecule has 6 nitrogen and oxygen atoms in total. The Kier molecular flexibility index (Phi) is 4.38. The molecule has 4 N–H and O–H groups in total. The molecule has 2 aromatic rings. The van der Waals surface area contributed by atoms with Gasteiger partial charge in [0.25, 0.3) is 5.91 Å². The molecule has 1 aromatic heterocycles. The Bertz CT molecular complexity index is 739. The Morgan fingerprint density at radius 3 is 2.81 bits per heavy atom. The molecule has 0 atom stereocenters. The quantitative estimate of drug-likeness (QED) is 0.597. The first-order chi connectivity index (χ1) is 10.0. The van der Waals surface area contributed by atoms with Crippen LogP contribution in [0, 0.1) is 18.3 Å². The molecule has 106 valence electrons. The smallest absolute Gasteiger partial charge is 0.255 e. The van der Waals surface area contributed by atoms with Gasteiger partial charge in [-0.3, -0.25) is 4.79 Å². The molecule has 0 aliphatic carbocycles. The predicted molar refractivity (Wildman–Crippen MR) is 80.9 cm³/mol. The van der Waals surface area contributed by atoms with Crippen molar-refractivity contribution in [3.05, 3.63) is 52.2 Å². The van der Waals surface area contributed by atoms with Gasteiger partial charge in [0.05, 0.1) is 22.3 Å². The monoisotopic (exact) mass is 301 g/mol. The zero-order valence-electron chi connectivity index (χ0n) is 11.1. The summed E-state index contributed by atoms with van der Waals surface area (Å²) in [5, 5.41) is 11.9. The predicted octanol–water partition coefficient (Wildman–Crippen LogP) is 2.45. The molecule has 0 aliphatic rings. The van der Waals surface area contributed by atoms with Crippen molar-refractivity contribution in [3.63, 3.8) is 0 Å². The molecule has 0 spiro atoms. The van der Waals surface area contributed by atoms with Crippen LogP contribution >= 0.6 is 11.6 Å². The lowest BCUT2D eigenvalue weighted by atomic mass is 10.2. The summed E-state index contributed by atoms with van der Waals surface area (Å²) >= 11 is 6.01. The number of aromatic nitrogens is 1. The van der Waals surface area contributed by atoms with Gasteiger partial charge in [-0.25, -0.2) is 10.8 Å². The molecule has 0 bridgehead atoms. The van der Waals surface area contributed by atoms with Crippen molar-refractivity contribution < 1.29 is 4.79 Å². The number of nitriles is 1. The largest absolute Gasteiger partial charge is 0.321 e. The Morgan fingerprint density at radius 2 is 2.14 bits per heavy atom. The lowest BCUT2D eigenvalue weighted by molar-refractivity contribution is 0.102. The zero-order chi connectivity index (χ0) is 15.4. The summed E-state index contributed by atoms with van der Waals surface area (Å²) < 4.78 is 0. The van der Waals surface area contributed by atoms with Gasteiger partial charge in [0, 0.05) is 11.3 Å². The molecule has 21 heavy (non-hydrogen) atoms. The van der Waals surface area contributed by atoms with Crippen molar-refractivity contribution in [2.75, 3.05) is 10.7 Å². The molecule has 1 heterocycles. The number of carbonyl (C=O) groups excluding carboxylic acids is 1. The SMILES string of the molecule is Cc1cc(C(=O)Nc2cc(C#N)ccc2Cl)cc(NN)n1. The summed E-state index contributed by atoms with van der Waals surface area (Å²) in [5.41, 5.74) is 4.21. The molecular formula is C14H12ClN5O. The molecule has 1 amide bonds. The molecule has 0 fully saturated rings. The first-order valence-electron chi connectivity index (χ1n) is 6.00. The van der Waals surface area contributed by atoms with Crippen molar-refractivity contribution in [3.8, 4) is 6.07 Å². The first kappa shape index (κ1) is 14.8. The molecule has 1 aromatic carbocycles.